The van der Waals surface area contributed by atoms with Crippen LogP contribution in [0.2, 0.25) is 0 Å². The van der Waals surface area contributed by atoms with E-state index in [9.17, 15) is 18.3 Å². The van der Waals surface area contributed by atoms with Crippen molar-refractivity contribution in [2.24, 2.45) is 0 Å². The number of halogens is 3. The van der Waals surface area contributed by atoms with Crippen molar-refractivity contribution in [3.05, 3.63) is 29.8 Å². The van der Waals surface area contributed by atoms with Crippen LogP contribution in [-0.2, 0) is 11.2 Å². The van der Waals surface area contributed by atoms with Gasteiger partial charge in [-0.05, 0) is 31.5 Å². The molecule has 2 aliphatic heterocycles. The van der Waals surface area contributed by atoms with Crippen LogP contribution < -0.4 is 4.74 Å². The van der Waals surface area contributed by atoms with Gasteiger partial charge in [0.1, 0.15) is 5.75 Å². The van der Waals surface area contributed by atoms with Crippen LogP contribution in [0.15, 0.2) is 24.3 Å². The predicted octanol–water partition coefficient (Wildman–Crippen LogP) is 2.35. The molecule has 1 aromatic rings. The number of likely N-dealkylation sites (N-methyl/N-ethyl adjacent to an activating group) is 1. The number of benzene rings is 1. The second-order valence-corrected chi connectivity index (χ2v) is 6.48. The molecule has 1 N–H and O–H groups in total. The zero-order valence-electron chi connectivity index (χ0n) is 12.8. The minimum absolute atomic E-state index is 0.0863. The number of fused-ring (bicyclic) bond motifs is 2. The highest BCUT2D eigenvalue weighted by Gasteiger charge is 2.45. The SMILES string of the molecule is CN1C2COCC1CC(O)(Cc1ccccc1OC(F)(F)F)C2. The highest BCUT2D eigenvalue weighted by molar-refractivity contribution is 5.35. The summed E-state index contributed by atoms with van der Waals surface area (Å²) in [5.41, 5.74) is -0.674. The summed E-state index contributed by atoms with van der Waals surface area (Å²) < 4.78 is 47.2. The maximum absolute atomic E-state index is 12.5. The van der Waals surface area contributed by atoms with E-state index in [2.05, 4.69) is 9.64 Å². The summed E-state index contributed by atoms with van der Waals surface area (Å²) in [5, 5.41) is 11.0. The van der Waals surface area contributed by atoms with Gasteiger partial charge < -0.3 is 14.6 Å². The molecule has 2 aliphatic rings. The van der Waals surface area contributed by atoms with Crippen molar-refractivity contribution in [1.29, 1.82) is 0 Å². The van der Waals surface area contributed by atoms with E-state index in [1.807, 2.05) is 7.05 Å². The number of hydrogen-bond acceptors (Lipinski definition) is 4. The van der Waals surface area contributed by atoms with Crippen molar-refractivity contribution in [3.63, 3.8) is 0 Å². The Morgan fingerprint density at radius 1 is 1.26 bits per heavy atom. The average molecular weight is 331 g/mol. The largest absolute Gasteiger partial charge is 0.573 e. The molecule has 0 aliphatic carbocycles. The third-order valence-electron chi connectivity index (χ3n) is 4.72. The van der Waals surface area contributed by atoms with Crippen LogP contribution in [0.25, 0.3) is 0 Å². The number of ether oxygens (including phenoxy) is 2. The molecule has 2 atom stereocenters. The predicted molar refractivity (Wildman–Crippen MR) is 77.2 cm³/mol. The fourth-order valence-electron chi connectivity index (χ4n) is 3.61. The van der Waals surface area contributed by atoms with Gasteiger partial charge >= 0.3 is 6.36 Å². The normalized spacial score (nSPS) is 31.9. The molecule has 128 valence electrons. The van der Waals surface area contributed by atoms with Crippen LogP contribution in [0.1, 0.15) is 18.4 Å². The Hall–Kier alpha value is -1.31. The van der Waals surface area contributed by atoms with Crippen LogP contribution in [0.4, 0.5) is 13.2 Å². The maximum Gasteiger partial charge on any atom is 0.573 e. The Morgan fingerprint density at radius 3 is 2.48 bits per heavy atom. The summed E-state index contributed by atoms with van der Waals surface area (Å²) in [4.78, 5) is 2.19. The van der Waals surface area contributed by atoms with Crippen molar-refractivity contribution >= 4 is 0 Å². The molecule has 23 heavy (non-hydrogen) atoms. The van der Waals surface area contributed by atoms with E-state index in [0.717, 1.165) is 0 Å². The average Bonchev–Trinajstić information content (AvgIpc) is 2.42. The molecule has 1 aromatic carbocycles. The topological polar surface area (TPSA) is 41.9 Å². The van der Waals surface area contributed by atoms with E-state index in [1.165, 1.54) is 12.1 Å². The lowest BCUT2D eigenvalue weighted by atomic mass is 9.78. The minimum Gasteiger partial charge on any atom is -0.406 e. The van der Waals surface area contributed by atoms with E-state index >= 15 is 0 Å². The molecule has 0 saturated carbocycles. The number of hydrogen-bond donors (Lipinski definition) is 1. The van der Waals surface area contributed by atoms with E-state index < -0.39 is 12.0 Å². The summed E-state index contributed by atoms with van der Waals surface area (Å²) in [6.45, 7) is 1.08. The number of aliphatic hydroxyl groups is 1. The second-order valence-electron chi connectivity index (χ2n) is 6.48. The lowest BCUT2D eigenvalue weighted by Gasteiger charge is -2.50. The number of piperidine rings is 1. The minimum atomic E-state index is -4.74. The lowest BCUT2D eigenvalue weighted by Crippen LogP contribution is -2.60. The molecule has 7 heteroatoms. The van der Waals surface area contributed by atoms with Crippen LogP contribution in [0.5, 0.6) is 5.75 Å². The number of alkyl halides is 3. The smallest absolute Gasteiger partial charge is 0.406 e. The molecule has 0 radical (unpaired) electrons. The van der Waals surface area contributed by atoms with Crippen molar-refractivity contribution in [1.82, 2.24) is 4.90 Å². The lowest BCUT2D eigenvalue weighted by molar-refractivity contribution is -0.275. The van der Waals surface area contributed by atoms with Gasteiger partial charge in [0, 0.05) is 18.5 Å². The van der Waals surface area contributed by atoms with Gasteiger partial charge in [0.05, 0.1) is 18.8 Å². The summed E-state index contributed by atoms with van der Waals surface area (Å²) in [7, 11) is 2.00. The fourth-order valence-corrected chi connectivity index (χ4v) is 3.61. The number of morpholine rings is 1. The summed E-state index contributed by atoms with van der Waals surface area (Å²) in [6, 6.07) is 6.17. The monoisotopic (exact) mass is 331 g/mol. The molecule has 0 amide bonds. The standard InChI is InChI=1S/C16H20F3NO3/c1-20-12-7-15(21,8-13(20)10-22-9-12)6-11-4-2-3-5-14(11)23-16(17,18)19/h2-5,12-13,21H,6-10H2,1H3. The van der Waals surface area contributed by atoms with Gasteiger partial charge in [-0.3, -0.25) is 4.90 Å². The zero-order chi connectivity index (χ0) is 16.7. The first-order chi connectivity index (χ1) is 10.8. The first-order valence-corrected chi connectivity index (χ1v) is 7.61. The third kappa shape index (κ3) is 3.79. The van der Waals surface area contributed by atoms with Crippen molar-refractivity contribution in [2.45, 2.75) is 43.3 Å². The van der Waals surface area contributed by atoms with Crippen LogP contribution >= 0.6 is 0 Å². The van der Waals surface area contributed by atoms with E-state index in [4.69, 9.17) is 4.74 Å². The van der Waals surface area contributed by atoms with Crippen molar-refractivity contribution in [2.75, 3.05) is 20.3 Å². The number of para-hydroxylation sites is 1. The van der Waals surface area contributed by atoms with Crippen LogP contribution in [0, 0.1) is 0 Å². The van der Waals surface area contributed by atoms with Gasteiger partial charge in [-0.1, -0.05) is 18.2 Å². The Morgan fingerprint density at radius 2 is 1.87 bits per heavy atom. The van der Waals surface area contributed by atoms with E-state index in [1.54, 1.807) is 12.1 Å². The van der Waals surface area contributed by atoms with Gasteiger partial charge in [0.2, 0.25) is 0 Å². The molecule has 2 heterocycles. The maximum atomic E-state index is 12.5. The number of rotatable bonds is 3. The molecular formula is C16H20F3NO3. The molecular weight excluding hydrogens is 311 g/mol. The summed E-state index contributed by atoms with van der Waals surface area (Å²) >= 11 is 0. The third-order valence-corrected chi connectivity index (χ3v) is 4.72. The van der Waals surface area contributed by atoms with Gasteiger partial charge in [-0.2, -0.15) is 0 Å². The quantitative estimate of drug-likeness (QED) is 0.923. The summed E-state index contributed by atoms with van der Waals surface area (Å²) in [5.74, 6) is -0.242. The van der Waals surface area contributed by atoms with E-state index in [0.29, 0.717) is 31.6 Å². The molecule has 2 unspecified atom stereocenters. The zero-order valence-corrected chi connectivity index (χ0v) is 12.8. The first-order valence-electron chi connectivity index (χ1n) is 7.61. The molecule has 4 nitrogen and oxygen atoms in total. The molecule has 2 bridgehead atoms. The summed E-state index contributed by atoms with van der Waals surface area (Å²) in [6.07, 6.45) is -3.66. The molecule has 0 aromatic heterocycles. The van der Waals surface area contributed by atoms with Gasteiger partial charge in [0.25, 0.3) is 0 Å². The van der Waals surface area contributed by atoms with E-state index in [-0.39, 0.29) is 24.3 Å². The van der Waals surface area contributed by atoms with Crippen LogP contribution in [0.3, 0.4) is 0 Å². The Kier molecular flexibility index (Phi) is 4.29. The Labute approximate surface area is 132 Å². The fraction of sp³-hybridized carbons (Fsp3) is 0.625. The van der Waals surface area contributed by atoms with Crippen molar-refractivity contribution < 1.29 is 27.8 Å². The first kappa shape index (κ1) is 16.5. The number of nitrogens with zero attached hydrogens (tertiary/aromatic N) is 1. The Bertz CT molecular complexity index is 550. The van der Waals surface area contributed by atoms with Gasteiger partial charge in [0.15, 0.2) is 0 Å². The van der Waals surface area contributed by atoms with Crippen molar-refractivity contribution in [3.8, 4) is 5.75 Å². The highest BCUT2D eigenvalue weighted by Crippen LogP contribution is 2.38. The van der Waals surface area contributed by atoms with Crippen LogP contribution in [-0.4, -0.2) is 54.3 Å². The molecule has 3 rings (SSSR count). The molecule has 2 fully saturated rings. The van der Waals surface area contributed by atoms with Gasteiger partial charge in [-0.25, -0.2) is 0 Å². The Balaban J connectivity index is 1.79. The molecule has 2 saturated heterocycles. The highest BCUT2D eigenvalue weighted by atomic mass is 19.4. The second kappa shape index (κ2) is 5.96. The molecule has 0 spiro atoms. The van der Waals surface area contributed by atoms with Gasteiger partial charge in [-0.15, -0.1) is 13.2 Å².